The summed E-state index contributed by atoms with van der Waals surface area (Å²) in [5.41, 5.74) is 9.45. The zero-order valence-corrected chi connectivity index (χ0v) is 19.0. The highest BCUT2D eigenvalue weighted by molar-refractivity contribution is 5.86. The van der Waals surface area contributed by atoms with Crippen molar-refractivity contribution in [3.63, 3.8) is 0 Å². The summed E-state index contributed by atoms with van der Waals surface area (Å²) in [6.45, 7) is 5.98. The molecule has 0 radical (unpaired) electrons. The number of phenolic OH excluding ortho intramolecular Hbond substituents is 1. The number of hydrogen-bond acceptors (Lipinski definition) is 6. The minimum atomic E-state index is -0.358. The Morgan fingerprint density at radius 2 is 1.81 bits per heavy atom. The number of rotatable bonds is 9. The van der Waals surface area contributed by atoms with Gasteiger partial charge in [0.2, 0.25) is 5.91 Å². The first-order chi connectivity index (χ1) is 15.5. The molecule has 3 N–H and O–H groups in total. The molecule has 2 aliphatic heterocycles. The first-order valence-corrected chi connectivity index (χ1v) is 11.4. The maximum Gasteiger partial charge on any atom is 0.242 e. The van der Waals surface area contributed by atoms with E-state index in [9.17, 15) is 9.90 Å². The highest BCUT2D eigenvalue weighted by Crippen LogP contribution is 2.48. The molecule has 2 fully saturated rings. The van der Waals surface area contributed by atoms with Gasteiger partial charge in [-0.1, -0.05) is 36.8 Å². The number of methoxy groups -OCH3 is 1. The summed E-state index contributed by atoms with van der Waals surface area (Å²) >= 11 is 0. The number of fused-ring (bicyclic) bond motifs is 1. The molecule has 0 aromatic heterocycles. The molecule has 7 heteroatoms. The molecule has 1 amide bonds. The number of phenols is 1. The van der Waals surface area contributed by atoms with E-state index in [1.807, 2.05) is 36.1 Å². The number of nitrogens with one attached hydrogen (secondary N) is 2. The Balaban J connectivity index is 1.69. The summed E-state index contributed by atoms with van der Waals surface area (Å²) in [5.74, 6) is 1.07. The Kier molecular flexibility index (Phi) is 6.98. The number of nitrogens with zero attached hydrogens (tertiary/aromatic N) is 1. The van der Waals surface area contributed by atoms with Crippen LogP contribution in [-0.2, 0) is 9.53 Å². The zero-order chi connectivity index (χ0) is 22.7. The largest absolute Gasteiger partial charge is 0.508 e. The van der Waals surface area contributed by atoms with Crippen LogP contribution in [0.1, 0.15) is 48.5 Å². The van der Waals surface area contributed by atoms with Crippen LogP contribution < -0.4 is 15.6 Å². The molecule has 2 saturated heterocycles. The van der Waals surface area contributed by atoms with Gasteiger partial charge in [-0.3, -0.25) is 4.79 Å². The summed E-state index contributed by atoms with van der Waals surface area (Å²) < 4.78 is 11.0. The second-order valence-corrected chi connectivity index (χ2v) is 8.62. The highest BCUT2D eigenvalue weighted by atomic mass is 16.5. The fourth-order valence-electron chi connectivity index (χ4n) is 4.90. The Morgan fingerprint density at radius 1 is 1.06 bits per heavy atom. The maximum absolute atomic E-state index is 13.4. The Morgan fingerprint density at radius 3 is 2.53 bits per heavy atom. The summed E-state index contributed by atoms with van der Waals surface area (Å²) in [5, 5.41) is 10.6. The van der Waals surface area contributed by atoms with E-state index >= 15 is 0 Å². The molecule has 4 unspecified atom stereocenters. The Bertz CT molecular complexity index is 933. The molecule has 172 valence electrons. The normalized spacial score (nSPS) is 24.7. The molecule has 4 atom stereocenters. The number of carbonyl (C=O) groups is 1. The van der Waals surface area contributed by atoms with Crippen LogP contribution in [0.25, 0.3) is 0 Å². The summed E-state index contributed by atoms with van der Waals surface area (Å²) in [4.78, 5) is 15.4. The number of ether oxygens (including phenoxy) is 2. The van der Waals surface area contributed by atoms with Gasteiger partial charge in [0.05, 0.1) is 18.7 Å². The molecule has 2 aromatic rings. The topological polar surface area (TPSA) is 83.1 Å². The molecule has 2 aromatic carbocycles. The van der Waals surface area contributed by atoms with E-state index < -0.39 is 0 Å². The van der Waals surface area contributed by atoms with Crippen molar-refractivity contribution in [3.8, 4) is 11.5 Å². The fourth-order valence-corrected chi connectivity index (χ4v) is 4.90. The van der Waals surface area contributed by atoms with Gasteiger partial charge in [-0.25, -0.2) is 10.9 Å². The van der Waals surface area contributed by atoms with Gasteiger partial charge < -0.3 is 19.5 Å². The average Bonchev–Trinajstić information content (AvgIpc) is 3.34. The maximum atomic E-state index is 13.4. The van der Waals surface area contributed by atoms with Crippen LogP contribution >= 0.6 is 0 Å². The van der Waals surface area contributed by atoms with Crippen LogP contribution in [0.2, 0.25) is 0 Å². The molecule has 0 spiro atoms. The molecule has 0 bridgehead atoms. The molecular formula is C25H33N3O4. The van der Waals surface area contributed by atoms with Gasteiger partial charge in [-0.15, -0.1) is 0 Å². The minimum Gasteiger partial charge on any atom is -0.508 e. The van der Waals surface area contributed by atoms with Gasteiger partial charge in [-0.05, 0) is 43.5 Å². The van der Waals surface area contributed by atoms with Crippen molar-refractivity contribution >= 4 is 5.91 Å². The van der Waals surface area contributed by atoms with Crippen LogP contribution in [-0.4, -0.2) is 48.8 Å². The fraction of sp³-hybridized carbons (Fsp3) is 0.480. The number of likely N-dealkylation sites (tertiary alicyclic amines) is 1. The quantitative estimate of drug-likeness (QED) is 0.521. The van der Waals surface area contributed by atoms with Gasteiger partial charge in [0.25, 0.3) is 0 Å². The van der Waals surface area contributed by atoms with E-state index in [1.54, 1.807) is 13.2 Å². The van der Waals surface area contributed by atoms with E-state index in [4.69, 9.17) is 9.47 Å². The SMILES string of the molecule is CCCOc1ccc(C2C3C(NNC3c3cc(C)ccc3O)C(=O)N2CCCOC)cc1. The van der Waals surface area contributed by atoms with Crippen molar-refractivity contribution in [2.45, 2.75) is 44.8 Å². The number of benzene rings is 2. The van der Waals surface area contributed by atoms with Crippen molar-refractivity contribution in [3.05, 3.63) is 59.2 Å². The van der Waals surface area contributed by atoms with E-state index in [-0.39, 0.29) is 35.7 Å². The average molecular weight is 440 g/mol. The lowest BCUT2D eigenvalue weighted by Crippen LogP contribution is -2.41. The van der Waals surface area contributed by atoms with Crippen LogP contribution in [0.15, 0.2) is 42.5 Å². The second-order valence-electron chi connectivity index (χ2n) is 8.62. The van der Waals surface area contributed by atoms with Gasteiger partial charge in [0.1, 0.15) is 17.5 Å². The molecule has 2 aliphatic rings. The van der Waals surface area contributed by atoms with Crippen LogP contribution in [0.5, 0.6) is 11.5 Å². The third-order valence-corrected chi connectivity index (χ3v) is 6.37. The molecule has 0 saturated carbocycles. The van der Waals surface area contributed by atoms with E-state index in [1.165, 1.54) is 0 Å². The standard InChI is InChI=1S/C25H33N3O4/c1-4-13-32-18-9-7-17(8-10-18)24-21-22(19-15-16(2)6-11-20(19)29)26-27-23(21)25(30)28(24)12-5-14-31-3/h6-11,15,21-24,26-27,29H,4-5,12-14H2,1-3H3. The molecule has 7 nitrogen and oxygen atoms in total. The van der Waals surface area contributed by atoms with Crippen molar-refractivity contribution in [2.24, 2.45) is 5.92 Å². The summed E-state index contributed by atoms with van der Waals surface area (Å²) in [6, 6.07) is 13.0. The lowest BCUT2D eigenvalue weighted by Gasteiger charge is -2.31. The van der Waals surface area contributed by atoms with Gasteiger partial charge in [0.15, 0.2) is 0 Å². The number of carbonyl (C=O) groups excluding carboxylic acids is 1. The van der Waals surface area contributed by atoms with Gasteiger partial charge in [-0.2, -0.15) is 0 Å². The Hall–Kier alpha value is -2.61. The van der Waals surface area contributed by atoms with E-state index in [2.05, 4.69) is 29.9 Å². The molecule has 0 aliphatic carbocycles. The van der Waals surface area contributed by atoms with Crippen molar-refractivity contribution in [2.75, 3.05) is 26.9 Å². The van der Waals surface area contributed by atoms with E-state index in [0.29, 0.717) is 19.8 Å². The number of hydrogen-bond donors (Lipinski definition) is 3. The second kappa shape index (κ2) is 9.90. The Labute approximate surface area is 189 Å². The van der Waals surface area contributed by atoms with Gasteiger partial charge >= 0.3 is 0 Å². The minimum absolute atomic E-state index is 0.0693. The van der Waals surface area contributed by atoms with E-state index in [0.717, 1.165) is 35.3 Å². The number of aromatic hydroxyl groups is 1. The number of aryl methyl sites for hydroxylation is 1. The third-order valence-electron chi connectivity index (χ3n) is 6.37. The number of amides is 1. The zero-order valence-electron chi connectivity index (χ0n) is 19.0. The first kappa shape index (κ1) is 22.6. The lowest BCUT2D eigenvalue weighted by molar-refractivity contribution is -0.131. The first-order valence-electron chi connectivity index (χ1n) is 11.4. The molecular weight excluding hydrogens is 406 g/mol. The molecule has 4 rings (SSSR count). The van der Waals surface area contributed by atoms with Crippen LogP contribution in [0.4, 0.5) is 0 Å². The predicted octanol–water partition coefficient (Wildman–Crippen LogP) is 3.24. The predicted molar refractivity (Wildman–Crippen MR) is 122 cm³/mol. The lowest BCUT2D eigenvalue weighted by atomic mass is 9.83. The van der Waals surface area contributed by atoms with Crippen LogP contribution in [0.3, 0.4) is 0 Å². The molecule has 32 heavy (non-hydrogen) atoms. The highest BCUT2D eigenvalue weighted by Gasteiger charge is 2.55. The summed E-state index contributed by atoms with van der Waals surface area (Å²) in [6.07, 6.45) is 1.72. The third kappa shape index (κ3) is 4.33. The summed E-state index contributed by atoms with van der Waals surface area (Å²) in [7, 11) is 1.68. The number of hydrazine groups is 1. The van der Waals surface area contributed by atoms with Crippen molar-refractivity contribution in [1.29, 1.82) is 0 Å². The van der Waals surface area contributed by atoms with Crippen molar-refractivity contribution in [1.82, 2.24) is 15.8 Å². The van der Waals surface area contributed by atoms with Crippen LogP contribution in [0, 0.1) is 12.8 Å². The van der Waals surface area contributed by atoms with Gasteiger partial charge in [0, 0.05) is 31.7 Å². The smallest absolute Gasteiger partial charge is 0.242 e. The molecule has 2 heterocycles. The monoisotopic (exact) mass is 439 g/mol. The van der Waals surface area contributed by atoms with Crippen molar-refractivity contribution < 1.29 is 19.4 Å².